The van der Waals surface area contributed by atoms with E-state index >= 15 is 0 Å². The smallest absolute Gasteiger partial charge is 0.325 e. The Labute approximate surface area is 202 Å². The average Bonchev–Trinajstić information content (AvgIpc) is 2.93. The summed E-state index contributed by atoms with van der Waals surface area (Å²) < 4.78 is 0. The molecular weight excluding hydrogens is 440 g/mol. The van der Waals surface area contributed by atoms with E-state index in [1.807, 2.05) is 24.3 Å². The lowest BCUT2D eigenvalue weighted by Gasteiger charge is -2.43. The molecule has 1 spiro atoms. The molecule has 182 valence electrons. The van der Waals surface area contributed by atoms with E-state index < -0.39 is 11.6 Å². The third-order valence-corrected chi connectivity index (χ3v) is 7.28. The molecule has 1 aliphatic heterocycles. The van der Waals surface area contributed by atoms with Gasteiger partial charge in [0, 0.05) is 11.6 Å². The zero-order valence-corrected chi connectivity index (χ0v) is 21.2. The van der Waals surface area contributed by atoms with Gasteiger partial charge in [0.2, 0.25) is 5.91 Å². The number of carbonyl (C=O) groups excluding carboxylic acids is 3. The van der Waals surface area contributed by atoms with Crippen LogP contribution in [0.1, 0.15) is 65.5 Å². The second kappa shape index (κ2) is 10.0. The fraction of sp³-hybridized carbons (Fsp3) is 0.640. The molecule has 4 amide bonds. The Bertz CT molecular complexity index is 901. The maximum Gasteiger partial charge on any atom is 0.325 e. The van der Waals surface area contributed by atoms with Gasteiger partial charge in [0.25, 0.3) is 5.91 Å². The van der Waals surface area contributed by atoms with E-state index in [4.69, 9.17) is 11.6 Å². The van der Waals surface area contributed by atoms with Crippen LogP contribution in [0.25, 0.3) is 0 Å². The van der Waals surface area contributed by atoms with Gasteiger partial charge in [-0.1, -0.05) is 64.4 Å². The van der Waals surface area contributed by atoms with Crippen LogP contribution in [0.3, 0.4) is 0 Å². The van der Waals surface area contributed by atoms with E-state index in [9.17, 15) is 14.4 Å². The number of hydrogen-bond donors (Lipinski definition) is 2. The van der Waals surface area contributed by atoms with Gasteiger partial charge < -0.3 is 10.6 Å². The molecule has 2 N–H and O–H groups in total. The Hall–Kier alpha value is -2.12. The van der Waals surface area contributed by atoms with Crippen molar-refractivity contribution in [3.8, 4) is 0 Å². The highest BCUT2D eigenvalue weighted by molar-refractivity contribution is 6.31. The summed E-state index contributed by atoms with van der Waals surface area (Å²) in [5.74, 6) is -0.325. The van der Waals surface area contributed by atoms with Crippen LogP contribution in [0.15, 0.2) is 24.3 Å². The predicted octanol–water partition coefficient (Wildman–Crippen LogP) is 3.98. The zero-order valence-electron chi connectivity index (χ0n) is 20.4. The van der Waals surface area contributed by atoms with E-state index in [2.05, 4.69) is 50.2 Å². The monoisotopic (exact) mass is 476 g/mol. The lowest BCUT2D eigenvalue weighted by atomic mass is 9.64. The van der Waals surface area contributed by atoms with E-state index in [1.54, 1.807) is 0 Å². The van der Waals surface area contributed by atoms with Crippen molar-refractivity contribution in [2.45, 2.75) is 65.5 Å². The van der Waals surface area contributed by atoms with Crippen molar-refractivity contribution >= 4 is 29.4 Å². The number of likely N-dealkylation sites (N-methyl/N-ethyl adjacent to an activating group) is 1. The number of rotatable bonds is 8. The topological polar surface area (TPSA) is 81.8 Å². The Morgan fingerprint density at radius 2 is 1.91 bits per heavy atom. The van der Waals surface area contributed by atoms with Crippen LogP contribution in [0.2, 0.25) is 5.02 Å². The van der Waals surface area contributed by atoms with Gasteiger partial charge in [-0.15, -0.1) is 0 Å². The van der Waals surface area contributed by atoms with Gasteiger partial charge in [0.1, 0.15) is 12.1 Å². The fourth-order valence-electron chi connectivity index (χ4n) is 5.91. The van der Waals surface area contributed by atoms with Gasteiger partial charge in [0.05, 0.1) is 6.04 Å². The van der Waals surface area contributed by atoms with Crippen LogP contribution in [0.5, 0.6) is 0 Å². The largest absolute Gasteiger partial charge is 0.353 e. The summed E-state index contributed by atoms with van der Waals surface area (Å²) in [5, 5.41) is 6.50. The molecule has 2 fully saturated rings. The summed E-state index contributed by atoms with van der Waals surface area (Å²) in [5.41, 5.74) is -0.0134. The van der Waals surface area contributed by atoms with Gasteiger partial charge in [0.15, 0.2) is 0 Å². The highest BCUT2D eigenvalue weighted by Crippen LogP contribution is 2.46. The molecule has 1 aromatic carbocycles. The lowest BCUT2D eigenvalue weighted by molar-refractivity contribution is -0.137. The first-order valence-electron chi connectivity index (χ1n) is 11.9. The van der Waals surface area contributed by atoms with Crippen molar-refractivity contribution in [2.75, 3.05) is 26.2 Å². The van der Waals surface area contributed by atoms with E-state index in [1.165, 1.54) is 0 Å². The molecule has 3 rings (SSSR count). The first kappa shape index (κ1) is 25.5. The number of urea groups is 1. The maximum atomic E-state index is 13.3. The van der Waals surface area contributed by atoms with Crippen LogP contribution >= 0.6 is 11.6 Å². The van der Waals surface area contributed by atoms with E-state index in [0.717, 1.165) is 30.0 Å². The quantitative estimate of drug-likeness (QED) is 0.556. The Morgan fingerprint density at radius 3 is 2.52 bits per heavy atom. The molecule has 0 radical (unpaired) electrons. The molecule has 2 aliphatic rings. The van der Waals surface area contributed by atoms with E-state index in [-0.39, 0.29) is 29.8 Å². The van der Waals surface area contributed by atoms with Crippen LogP contribution in [0, 0.1) is 11.3 Å². The van der Waals surface area contributed by atoms with Crippen LogP contribution in [-0.4, -0.2) is 59.4 Å². The number of imide groups is 1. The molecule has 0 bridgehead atoms. The summed E-state index contributed by atoms with van der Waals surface area (Å²) in [6, 6.07) is 7.03. The molecule has 7 nitrogen and oxygen atoms in total. The highest BCUT2D eigenvalue weighted by Gasteiger charge is 2.56. The third kappa shape index (κ3) is 5.52. The van der Waals surface area contributed by atoms with E-state index in [0.29, 0.717) is 30.3 Å². The lowest BCUT2D eigenvalue weighted by Crippen LogP contribution is -2.54. The molecule has 1 saturated heterocycles. The van der Waals surface area contributed by atoms with Crippen molar-refractivity contribution in [1.82, 2.24) is 20.4 Å². The second-order valence-electron chi connectivity index (χ2n) is 10.3. The Kier molecular flexibility index (Phi) is 7.74. The predicted molar refractivity (Wildman–Crippen MR) is 130 cm³/mol. The number of nitrogens with one attached hydrogen (secondary N) is 2. The van der Waals surface area contributed by atoms with Crippen molar-refractivity contribution in [2.24, 2.45) is 11.3 Å². The van der Waals surface area contributed by atoms with Crippen molar-refractivity contribution in [3.05, 3.63) is 34.9 Å². The molecule has 0 aromatic heterocycles. The summed E-state index contributed by atoms with van der Waals surface area (Å²) in [6.45, 7) is 12.1. The highest BCUT2D eigenvalue weighted by atomic mass is 35.5. The van der Waals surface area contributed by atoms with Crippen LogP contribution < -0.4 is 10.6 Å². The van der Waals surface area contributed by atoms with Crippen LogP contribution in [0.4, 0.5) is 4.79 Å². The molecule has 1 saturated carbocycles. The number of hydrogen-bond acceptors (Lipinski definition) is 4. The molecule has 1 heterocycles. The van der Waals surface area contributed by atoms with Crippen molar-refractivity contribution < 1.29 is 14.4 Å². The number of nitrogens with zero attached hydrogens (tertiary/aromatic N) is 2. The molecule has 1 aromatic rings. The molecule has 3 atom stereocenters. The first-order valence-corrected chi connectivity index (χ1v) is 12.3. The molecule has 3 unspecified atom stereocenters. The van der Waals surface area contributed by atoms with Gasteiger partial charge >= 0.3 is 6.03 Å². The van der Waals surface area contributed by atoms with Gasteiger partial charge in [-0.3, -0.25) is 19.4 Å². The van der Waals surface area contributed by atoms with Crippen molar-refractivity contribution in [1.29, 1.82) is 0 Å². The second-order valence-corrected chi connectivity index (χ2v) is 10.7. The summed E-state index contributed by atoms with van der Waals surface area (Å²) in [7, 11) is 0. The SMILES string of the molecule is CCN(CC)C(CNC(=O)CN1C(=O)NC2(CC(C)CC(C)(C)C2)C1=O)c1ccccc1Cl. The molecule has 8 heteroatoms. The van der Waals surface area contributed by atoms with Crippen molar-refractivity contribution in [3.63, 3.8) is 0 Å². The van der Waals surface area contributed by atoms with Gasteiger partial charge in [-0.05, 0) is 55.3 Å². The molecular formula is C25H37ClN4O3. The zero-order chi connectivity index (χ0) is 24.4. The number of carbonyl (C=O) groups is 3. The van der Waals surface area contributed by atoms with Gasteiger partial charge in [-0.25, -0.2) is 4.79 Å². The number of amides is 4. The summed E-state index contributed by atoms with van der Waals surface area (Å²) in [6.07, 6.45) is 2.20. The number of benzene rings is 1. The minimum absolute atomic E-state index is 0.0508. The molecule has 1 aliphatic carbocycles. The molecule has 33 heavy (non-hydrogen) atoms. The normalized spacial score (nSPS) is 25.4. The standard InChI is InChI=1S/C25H37ClN4O3/c1-6-29(7-2)20(18-10-8-9-11-19(18)26)14-27-21(31)15-30-22(32)25(28-23(30)33)13-17(3)12-24(4,5)16-25/h8-11,17,20H,6-7,12-16H2,1-5H3,(H,27,31)(H,28,33). The maximum absolute atomic E-state index is 13.3. The van der Waals surface area contributed by atoms with Crippen LogP contribution in [-0.2, 0) is 9.59 Å². The summed E-state index contributed by atoms with van der Waals surface area (Å²) in [4.78, 5) is 42.1. The third-order valence-electron chi connectivity index (χ3n) is 6.94. The average molecular weight is 477 g/mol. The minimum Gasteiger partial charge on any atom is -0.353 e. The minimum atomic E-state index is -0.903. The number of halogens is 1. The van der Waals surface area contributed by atoms with Gasteiger partial charge in [-0.2, -0.15) is 0 Å². The Balaban J connectivity index is 1.69. The Morgan fingerprint density at radius 1 is 1.24 bits per heavy atom. The summed E-state index contributed by atoms with van der Waals surface area (Å²) >= 11 is 6.44. The fourth-order valence-corrected chi connectivity index (χ4v) is 6.17. The first-order chi connectivity index (χ1) is 15.5.